The average molecular weight is 330 g/mol. The predicted octanol–water partition coefficient (Wildman–Crippen LogP) is 3.54. The Bertz CT molecular complexity index is 657. The minimum absolute atomic E-state index is 0.586. The fourth-order valence-corrected chi connectivity index (χ4v) is 2.41. The summed E-state index contributed by atoms with van der Waals surface area (Å²) in [5, 5.41) is 6.98. The minimum Gasteiger partial charge on any atom is -0.497 e. The molecule has 0 aliphatic rings. The molecule has 0 bridgehead atoms. The Hall–Kier alpha value is -2.27. The predicted molar refractivity (Wildman–Crippen MR) is 98.7 cm³/mol. The SMILES string of the molecule is COc1ccc(CCNC(=S)Nc2cc(C)ccc2OC)cc1. The lowest BCUT2D eigenvalue weighted by Crippen LogP contribution is -2.30. The van der Waals surface area contributed by atoms with Gasteiger partial charge < -0.3 is 20.1 Å². The third kappa shape index (κ3) is 5.14. The van der Waals surface area contributed by atoms with Crippen LogP contribution in [0.15, 0.2) is 42.5 Å². The number of hydrogen-bond acceptors (Lipinski definition) is 3. The number of thiocarbonyl (C=S) groups is 1. The molecule has 0 fully saturated rings. The van der Waals surface area contributed by atoms with Gasteiger partial charge >= 0.3 is 0 Å². The first-order chi connectivity index (χ1) is 11.1. The highest BCUT2D eigenvalue weighted by molar-refractivity contribution is 7.80. The van der Waals surface area contributed by atoms with E-state index in [1.807, 2.05) is 37.3 Å². The Morgan fingerprint density at radius 1 is 1.04 bits per heavy atom. The van der Waals surface area contributed by atoms with Crippen LogP contribution in [0.2, 0.25) is 0 Å². The molecule has 0 radical (unpaired) electrons. The standard InChI is InChI=1S/C18H22N2O2S/c1-13-4-9-17(22-3)16(12-13)20-18(23)19-11-10-14-5-7-15(21-2)8-6-14/h4-9,12H,10-11H2,1-3H3,(H2,19,20,23). The van der Waals surface area contributed by atoms with Gasteiger partial charge in [-0.3, -0.25) is 0 Å². The summed E-state index contributed by atoms with van der Waals surface area (Å²) in [5.41, 5.74) is 3.25. The summed E-state index contributed by atoms with van der Waals surface area (Å²) >= 11 is 5.34. The van der Waals surface area contributed by atoms with Crippen LogP contribution in [-0.2, 0) is 6.42 Å². The second-order valence-corrected chi connectivity index (χ2v) is 5.59. The summed E-state index contributed by atoms with van der Waals surface area (Å²) < 4.78 is 10.5. The highest BCUT2D eigenvalue weighted by Crippen LogP contribution is 2.24. The van der Waals surface area contributed by atoms with E-state index in [2.05, 4.69) is 22.8 Å². The van der Waals surface area contributed by atoms with Gasteiger partial charge in [-0.2, -0.15) is 0 Å². The topological polar surface area (TPSA) is 42.5 Å². The van der Waals surface area contributed by atoms with E-state index in [4.69, 9.17) is 21.7 Å². The number of hydrogen-bond donors (Lipinski definition) is 2. The summed E-state index contributed by atoms with van der Waals surface area (Å²) in [5.74, 6) is 1.64. The van der Waals surface area contributed by atoms with Crippen molar-refractivity contribution in [2.75, 3.05) is 26.1 Å². The number of benzene rings is 2. The molecule has 2 aromatic carbocycles. The van der Waals surface area contributed by atoms with Gasteiger partial charge in [-0.05, 0) is 61.0 Å². The van der Waals surface area contributed by atoms with Crippen LogP contribution in [0.25, 0.3) is 0 Å². The van der Waals surface area contributed by atoms with Crippen LogP contribution >= 0.6 is 12.2 Å². The highest BCUT2D eigenvalue weighted by Gasteiger charge is 2.05. The fourth-order valence-electron chi connectivity index (χ4n) is 2.20. The first-order valence-corrected chi connectivity index (χ1v) is 7.85. The van der Waals surface area contributed by atoms with Gasteiger partial charge in [0.15, 0.2) is 5.11 Å². The number of methoxy groups -OCH3 is 2. The third-order valence-electron chi connectivity index (χ3n) is 3.46. The summed E-state index contributed by atoms with van der Waals surface area (Å²) in [6, 6.07) is 14.0. The molecular formula is C18H22N2O2S. The molecule has 122 valence electrons. The normalized spacial score (nSPS) is 10.0. The van der Waals surface area contributed by atoms with Gasteiger partial charge in [-0.1, -0.05) is 18.2 Å². The summed E-state index contributed by atoms with van der Waals surface area (Å²) in [6.07, 6.45) is 0.886. The first kappa shape index (κ1) is 17.1. The zero-order valence-electron chi connectivity index (χ0n) is 13.7. The van der Waals surface area contributed by atoms with E-state index in [0.717, 1.165) is 35.7 Å². The maximum atomic E-state index is 5.34. The molecule has 0 saturated carbocycles. The molecule has 5 heteroatoms. The van der Waals surface area contributed by atoms with Crippen LogP contribution in [0, 0.1) is 6.92 Å². The Morgan fingerprint density at radius 2 is 1.78 bits per heavy atom. The lowest BCUT2D eigenvalue weighted by molar-refractivity contribution is 0.414. The number of nitrogens with one attached hydrogen (secondary N) is 2. The van der Waals surface area contributed by atoms with Gasteiger partial charge in [0.25, 0.3) is 0 Å². The molecule has 0 spiro atoms. The van der Waals surface area contributed by atoms with Gasteiger partial charge in [0.1, 0.15) is 11.5 Å². The minimum atomic E-state index is 0.586. The van der Waals surface area contributed by atoms with Crippen molar-refractivity contribution in [3.8, 4) is 11.5 Å². The summed E-state index contributed by atoms with van der Waals surface area (Å²) in [7, 11) is 3.32. The van der Waals surface area contributed by atoms with E-state index in [0.29, 0.717) is 5.11 Å². The van der Waals surface area contributed by atoms with Gasteiger partial charge in [-0.15, -0.1) is 0 Å². The van der Waals surface area contributed by atoms with Crippen molar-refractivity contribution in [3.63, 3.8) is 0 Å². The average Bonchev–Trinajstić information content (AvgIpc) is 2.56. The lowest BCUT2D eigenvalue weighted by atomic mass is 10.1. The van der Waals surface area contributed by atoms with E-state index in [1.54, 1.807) is 14.2 Å². The molecule has 0 aromatic heterocycles. The van der Waals surface area contributed by atoms with E-state index in [9.17, 15) is 0 Å². The molecule has 23 heavy (non-hydrogen) atoms. The molecule has 0 saturated heterocycles. The first-order valence-electron chi connectivity index (χ1n) is 7.45. The zero-order valence-corrected chi connectivity index (χ0v) is 14.5. The quantitative estimate of drug-likeness (QED) is 0.793. The summed E-state index contributed by atoms with van der Waals surface area (Å²) in [4.78, 5) is 0. The molecule has 0 aliphatic carbocycles. The summed E-state index contributed by atoms with van der Waals surface area (Å²) in [6.45, 7) is 2.79. The van der Waals surface area contributed by atoms with E-state index >= 15 is 0 Å². The molecular weight excluding hydrogens is 308 g/mol. The van der Waals surface area contributed by atoms with E-state index in [1.165, 1.54) is 5.56 Å². The number of ether oxygens (including phenoxy) is 2. The molecule has 4 nitrogen and oxygen atoms in total. The monoisotopic (exact) mass is 330 g/mol. The molecule has 0 atom stereocenters. The van der Waals surface area contributed by atoms with E-state index < -0.39 is 0 Å². The molecule has 0 aliphatic heterocycles. The fraction of sp³-hybridized carbons (Fsp3) is 0.278. The van der Waals surface area contributed by atoms with Gasteiger partial charge in [-0.25, -0.2) is 0 Å². The van der Waals surface area contributed by atoms with Crippen molar-refractivity contribution in [1.29, 1.82) is 0 Å². The van der Waals surface area contributed by atoms with Crippen molar-refractivity contribution >= 4 is 23.0 Å². The largest absolute Gasteiger partial charge is 0.497 e. The number of rotatable bonds is 6. The van der Waals surface area contributed by atoms with Crippen molar-refractivity contribution in [2.24, 2.45) is 0 Å². The van der Waals surface area contributed by atoms with Gasteiger partial charge in [0.2, 0.25) is 0 Å². The maximum absolute atomic E-state index is 5.34. The Labute approximate surface area is 142 Å². The molecule has 0 amide bonds. The van der Waals surface area contributed by atoms with Crippen LogP contribution < -0.4 is 20.1 Å². The van der Waals surface area contributed by atoms with Crippen LogP contribution in [0.4, 0.5) is 5.69 Å². The molecule has 2 N–H and O–H groups in total. The van der Waals surface area contributed by atoms with Crippen molar-refractivity contribution in [2.45, 2.75) is 13.3 Å². The van der Waals surface area contributed by atoms with Crippen LogP contribution in [0.1, 0.15) is 11.1 Å². The Morgan fingerprint density at radius 3 is 2.43 bits per heavy atom. The lowest BCUT2D eigenvalue weighted by Gasteiger charge is -2.14. The highest BCUT2D eigenvalue weighted by atomic mass is 32.1. The Kier molecular flexibility index (Phi) is 6.23. The molecule has 2 aromatic rings. The Balaban J connectivity index is 1.84. The third-order valence-corrected chi connectivity index (χ3v) is 3.71. The van der Waals surface area contributed by atoms with Crippen LogP contribution in [0.3, 0.4) is 0 Å². The number of aryl methyl sites for hydroxylation is 1. The van der Waals surface area contributed by atoms with Crippen molar-refractivity contribution < 1.29 is 9.47 Å². The number of anilines is 1. The van der Waals surface area contributed by atoms with Gasteiger partial charge in [0, 0.05) is 6.54 Å². The van der Waals surface area contributed by atoms with Crippen molar-refractivity contribution in [3.05, 3.63) is 53.6 Å². The van der Waals surface area contributed by atoms with Crippen LogP contribution in [0.5, 0.6) is 11.5 Å². The molecule has 2 rings (SSSR count). The van der Waals surface area contributed by atoms with Crippen LogP contribution in [-0.4, -0.2) is 25.9 Å². The van der Waals surface area contributed by atoms with E-state index in [-0.39, 0.29) is 0 Å². The zero-order chi connectivity index (χ0) is 16.7. The smallest absolute Gasteiger partial charge is 0.170 e. The second kappa shape index (κ2) is 8.39. The molecule has 0 unspecified atom stereocenters. The second-order valence-electron chi connectivity index (χ2n) is 5.18. The van der Waals surface area contributed by atoms with Crippen molar-refractivity contribution in [1.82, 2.24) is 5.32 Å². The maximum Gasteiger partial charge on any atom is 0.170 e. The molecule has 0 heterocycles. The van der Waals surface area contributed by atoms with Gasteiger partial charge in [0.05, 0.1) is 19.9 Å².